The molecule has 4 heterocycles. The van der Waals surface area contributed by atoms with Crippen LogP contribution >= 0.6 is 22.7 Å². The summed E-state index contributed by atoms with van der Waals surface area (Å²) in [6.07, 6.45) is 0. The Labute approximate surface area is 237 Å². The molecule has 0 bridgehead atoms. The van der Waals surface area contributed by atoms with Crippen LogP contribution in [0.5, 0.6) is 0 Å². The molecule has 10 aromatic rings. The average molecular weight is 547 g/mol. The van der Waals surface area contributed by atoms with Crippen LogP contribution in [0.15, 0.2) is 121 Å². The van der Waals surface area contributed by atoms with Gasteiger partial charge in [-0.1, -0.05) is 97.1 Å². The lowest BCUT2D eigenvalue weighted by atomic mass is 10.1. The molecule has 10 rings (SSSR count). The summed E-state index contributed by atoms with van der Waals surface area (Å²) in [5.41, 5.74) is 4.97. The molecule has 188 valence electrons. The van der Waals surface area contributed by atoms with Gasteiger partial charge in [-0.2, -0.15) is 0 Å². The van der Waals surface area contributed by atoms with Crippen molar-refractivity contribution < 1.29 is 0 Å². The Morgan fingerprint density at radius 2 is 0.700 bits per heavy atom. The molecule has 6 aromatic carbocycles. The van der Waals surface area contributed by atoms with Crippen LogP contribution in [0.2, 0.25) is 0 Å². The third kappa shape index (κ3) is 3.15. The van der Waals surface area contributed by atoms with Gasteiger partial charge in [0.05, 0.1) is 20.4 Å². The van der Waals surface area contributed by atoms with Gasteiger partial charge >= 0.3 is 0 Å². The second-order valence-electron chi connectivity index (χ2n) is 10.3. The van der Waals surface area contributed by atoms with Crippen molar-refractivity contribution in [2.45, 2.75) is 0 Å². The van der Waals surface area contributed by atoms with E-state index < -0.39 is 0 Å². The van der Waals surface area contributed by atoms with E-state index in [2.05, 4.69) is 131 Å². The molecule has 0 amide bonds. The van der Waals surface area contributed by atoms with Gasteiger partial charge in [0.2, 0.25) is 0 Å². The summed E-state index contributed by atoms with van der Waals surface area (Å²) in [6.45, 7) is 0. The highest BCUT2D eigenvalue weighted by molar-refractivity contribution is 7.27. The van der Waals surface area contributed by atoms with Crippen LogP contribution in [-0.4, -0.2) is 9.97 Å². The van der Waals surface area contributed by atoms with Gasteiger partial charge < -0.3 is 9.97 Å². The second kappa shape index (κ2) is 8.43. The molecule has 0 fully saturated rings. The number of benzene rings is 6. The fourth-order valence-electron chi connectivity index (χ4n) is 6.20. The standard InChI is InChI=1S/2C18H11NS/c2*1-3-7-15-11(5-1)13-9-10-14-12-6-2-4-8-16(12)20-18(14)17(13)19-15/h2*1-10,19H. The SMILES string of the molecule is c1ccc2c(c1)[nH]c1c2ccc2c3ccccc3sc21.c1ccc2c(c1)[nH]c1c2ccc2c3ccccc3sc21. The third-order valence-electron chi connectivity index (χ3n) is 8.05. The quantitative estimate of drug-likeness (QED) is 0.190. The molecule has 2 nitrogen and oxygen atoms in total. The van der Waals surface area contributed by atoms with Crippen LogP contribution < -0.4 is 0 Å². The molecular weight excluding hydrogens is 525 g/mol. The van der Waals surface area contributed by atoms with Crippen LogP contribution in [0.25, 0.3) is 84.0 Å². The highest BCUT2D eigenvalue weighted by Gasteiger charge is 2.12. The van der Waals surface area contributed by atoms with Gasteiger partial charge in [0.15, 0.2) is 0 Å². The fraction of sp³-hybridized carbons (Fsp3) is 0. The van der Waals surface area contributed by atoms with Gasteiger partial charge in [0.25, 0.3) is 0 Å². The number of fused-ring (bicyclic) bond motifs is 14. The van der Waals surface area contributed by atoms with Crippen LogP contribution in [0.4, 0.5) is 0 Å². The van der Waals surface area contributed by atoms with E-state index in [4.69, 9.17) is 0 Å². The maximum atomic E-state index is 3.59. The summed E-state index contributed by atoms with van der Waals surface area (Å²) < 4.78 is 5.43. The largest absolute Gasteiger partial charge is 0.353 e. The van der Waals surface area contributed by atoms with Crippen LogP contribution in [-0.2, 0) is 0 Å². The van der Waals surface area contributed by atoms with Gasteiger partial charge in [-0.3, -0.25) is 0 Å². The van der Waals surface area contributed by atoms with E-state index in [0.29, 0.717) is 0 Å². The molecule has 0 saturated heterocycles. The Kier molecular flexibility index (Phi) is 4.68. The zero-order valence-electron chi connectivity index (χ0n) is 21.4. The Morgan fingerprint density at radius 1 is 0.325 bits per heavy atom. The first-order chi connectivity index (χ1) is 19.8. The van der Waals surface area contributed by atoms with Gasteiger partial charge in [-0.25, -0.2) is 0 Å². The lowest BCUT2D eigenvalue weighted by Gasteiger charge is -1.93. The summed E-state index contributed by atoms with van der Waals surface area (Å²) >= 11 is 3.75. The maximum Gasteiger partial charge on any atom is 0.0646 e. The van der Waals surface area contributed by atoms with E-state index in [1.54, 1.807) is 0 Å². The number of H-pyrrole nitrogens is 2. The van der Waals surface area contributed by atoms with Crippen molar-refractivity contribution in [2.24, 2.45) is 0 Å². The zero-order chi connectivity index (χ0) is 26.2. The molecule has 0 aliphatic heterocycles. The minimum atomic E-state index is 1.22. The van der Waals surface area contributed by atoms with E-state index in [1.807, 2.05) is 22.7 Å². The van der Waals surface area contributed by atoms with E-state index in [0.717, 1.165) is 0 Å². The lowest BCUT2D eigenvalue weighted by Crippen LogP contribution is -1.69. The Balaban J connectivity index is 0.000000115. The molecule has 4 heteroatoms. The third-order valence-corrected chi connectivity index (χ3v) is 10.5. The molecule has 40 heavy (non-hydrogen) atoms. The summed E-state index contributed by atoms with van der Waals surface area (Å²) in [6, 6.07) is 43.3. The Hall–Kier alpha value is -4.64. The zero-order valence-corrected chi connectivity index (χ0v) is 23.0. The van der Waals surface area contributed by atoms with Gasteiger partial charge in [0.1, 0.15) is 0 Å². The highest BCUT2D eigenvalue weighted by atomic mass is 32.1. The molecule has 0 saturated carbocycles. The molecule has 0 aliphatic rings. The minimum absolute atomic E-state index is 1.22. The summed E-state index contributed by atoms with van der Waals surface area (Å²) in [5.74, 6) is 0. The van der Waals surface area contributed by atoms with Crippen molar-refractivity contribution >= 4 is 107 Å². The van der Waals surface area contributed by atoms with Crippen molar-refractivity contribution in [1.82, 2.24) is 9.97 Å². The summed E-state index contributed by atoms with van der Waals surface area (Å²) in [7, 11) is 0. The molecule has 4 aromatic heterocycles. The number of rotatable bonds is 0. The van der Waals surface area contributed by atoms with Crippen molar-refractivity contribution in [2.75, 3.05) is 0 Å². The number of hydrogen-bond acceptors (Lipinski definition) is 2. The minimum Gasteiger partial charge on any atom is -0.353 e. The van der Waals surface area contributed by atoms with Gasteiger partial charge in [-0.15, -0.1) is 22.7 Å². The van der Waals surface area contributed by atoms with E-state index in [1.165, 1.54) is 84.0 Å². The molecule has 0 aliphatic carbocycles. The fourth-order valence-corrected chi connectivity index (χ4v) is 8.61. The number of aromatic amines is 2. The van der Waals surface area contributed by atoms with E-state index in [-0.39, 0.29) is 0 Å². The van der Waals surface area contributed by atoms with E-state index in [9.17, 15) is 0 Å². The molecule has 0 atom stereocenters. The predicted octanol–water partition coefficient (Wildman–Crippen LogP) is 11.4. The average Bonchev–Trinajstić information content (AvgIpc) is 3.76. The van der Waals surface area contributed by atoms with Crippen molar-refractivity contribution in [1.29, 1.82) is 0 Å². The van der Waals surface area contributed by atoms with Crippen LogP contribution in [0, 0.1) is 0 Å². The Bertz CT molecular complexity index is 2200. The van der Waals surface area contributed by atoms with Crippen LogP contribution in [0.3, 0.4) is 0 Å². The first-order valence-corrected chi connectivity index (χ1v) is 15.1. The first-order valence-electron chi connectivity index (χ1n) is 13.4. The monoisotopic (exact) mass is 546 g/mol. The van der Waals surface area contributed by atoms with Crippen molar-refractivity contribution in [3.63, 3.8) is 0 Å². The first kappa shape index (κ1) is 22.2. The topological polar surface area (TPSA) is 31.6 Å². The normalized spacial score (nSPS) is 12.0. The smallest absolute Gasteiger partial charge is 0.0646 e. The number of aromatic nitrogens is 2. The number of thiophene rings is 2. The molecular formula is C36H22N2S2. The lowest BCUT2D eigenvalue weighted by molar-refractivity contribution is 1.57. The summed E-state index contributed by atoms with van der Waals surface area (Å²) in [5, 5.41) is 10.7. The second-order valence-corrected chi connectivity index (χ2v) is 12.4. The molecule has 0 unspecified atom stereocenters. The highest BCUT2D eigenvalue weighted by Crippen LogP contribution is 2.41. The summed E-state index contributed by atoms with van der Waals surface area (Å²) in [4.78, 5) is 7.18. The van der Waals surface area contributed by atoms with Crippen molar-refractivity contribution in [3.8, 4) is 0 Å². The van der Waals surface area contributed by atoms with Crippen molar-refractivity contribution in [3.05, 3.63) is 121 Å². The molecule has 0 radical (unpaired) electrons. The Morgan fingerprint density at radius 3 is 1.18 bits per heavy atom. The van der Waals surface area contributed by atoms with Gasteiger partial charge in [-0.05, 0) is 24.3 Å². The predicted molar refractivity (Wildman–Crippen MR) is 177 cm³/mol. The van der Waals surface area contributed by atoms with Crippen LogP contribution in [0.1, 0.15) is 0 Å². The number of para-hydroxylation sites is 2. The molecule has 2 N–H and O–H groups in total. The van der Waals surface area contributed by atoms with E-state index >= 15 is 0 Å². The van der Waals surface area contributed by atoms with Gasteiger partial charge in [0, 0.05) is 63.5 Å². The number of hydrogen-bond donors (Lipinski definition) is 2. The maximum absolute atomic E-state index is 3.59. The number of nitrogens with one attached hydrogen (secondary N) is 2. The molecule has 0 spiro atoms.